The SMILES string of the molecule is CC(C)C(O)CNS(=O)(=O)c1cc(C(=O)O)c(Cl)cc1Cl. The molecule has 0 fully saturated rings. The fraction of sp³-hybridized carbons (Fsp3) is 0.417. The predicted octanol–water partition coefficient (Wildman–Crippen LogP) is 1.99. The Bertz CT molecular complexity index is 645. The number of aliphatic hydroxyl groups excluding tert-OH is 1. The van der Waals surface area contributed by atoms with Crippen molar-refractivity contribution in [2.24, 2.45) is 5.92 Å². The van der Waals surface area contributed by atoms with E-state index in [2.05, 4.69) is 4.72 Å². The highest BCUT2D eigenvalue weighted by molar-refractivity contribution is 7.89. The summed E-state index contributed by atoms with van der Waals surface area (Å²) >= 11 is 11.5. The Labute approximate surface area is 132 Å². The monoisotopic (exact) mass is 355 g/mol. The van der Waals surface area contributed by atoms with Crippen LogP contribution in [0.15, 0.2) is 17.0 Å². The van der Waals surface area contributed by atoms with Crippen molar-refractivity contribution in [2.75, 3.05) is 6.54 Å². The highest BCUT2D eigenvalue weighted by atomic mass is 35.5. The molecule has 0 spiro atoms. The average molecular weight is 356 g/mol. The molecule has 0 bridgehead atoms. The lowest BCUT2D eigenvalue weighted by Crippen LogP contribution is -2.34. The smallest absolute Gasteiger partial charge is 0.337 e. The number of carboxylic acid groups (broad SMARTS) is 1. The van der Waals surface area contributed by atoms with Gasteiger partial charge in [0.25, 0.3) is 0 Å². The summed E-state index contributed by atoms with van der Waals surface area (Å²) < 4.78 is 26.4. The van der Waals surface area contributed by atoms with E-state index >= 15 is 0 Å². The van der Waals surface area contributed by atoms with Crippen LogP contribution in [0.1, 0.15) is 24.2 Å². The van der Waals surface area contributed by atoms with Crippen LogP contribution < -0.4 is 4.72 Å². The van der Waals surface area contributed by atoms with Gasteiger partial charge in [-0.1, -0.05) is 37.0 Å². The maximum absolute atomic E-state index is 12.1. The minimum absolute atomic E-state index is 0.136. The fourth-order valence-electron chi connectivity index (χ4n) is 1.41. The molecule has 0 aliphatic heterocycles. The lowest BCUT2D eigenvalue weighted by atomic mass is 10.1. The van der Waals surface area contributed by atoms with Crippen LogP contribution in [0, 0.1) is 5.92 Å². The van der Waals surface area contributed by atoms with E-state index in [4.69, 9.17) is 28.3 Å². The number of aromatic carboxylic acids is 1. The highest BCUT2D eigenvalue weighted by Gasteiger charge is 2.23. The van der Waals surface area contributed by atoms with Gasteiger partial charge in [-0.2, -0.15) is 0 Å². The Hall–Kier alpha value is -0.860. The Balaban J connectivity index is 3.14. The summed E-state index contributed by atoms with van der Waals surface area (Å²) in [4.78, 5) is 10.6. The van der Waals surface area contributed by atoms with Crippen LogP contribution in [0.25, 0.3) is 0 Å². The van der Waals surface area contributed by atoms with E-state index in [1.807, 2.05) is 0 Å². The normalized spacial score (nSPS) is 13.4. The Morgan fingerprint density at radius 2 is 1.86 bits per heavy atom. The van der Waals surface area contributed by atoms with Gasteiger partial charge in [0.2, 0.25) is 10.0 Å². The zero-order valence-corrected chi connectivity index (χ0v) is 13.6. The summed E-state index contributed by atoms with van der Waals surface area (Å²) in [6, 6.07) is 1.94. The van der Waals surface area contributed by atoms with Crippen LogP contribution in [-0.4, -0.2) is 37.2 Å². The molecule has 0 amide bonds. The maximum Gasteiger partial charge on any atom is 0.337 e. The third-order valence-corrected chi connectivity index (χ3v) is 4.99. The second-order valence-electron chi connectivity index (χ2n) is 4.73. The molecule has 6 nitrogen and oxygen atoms in total. The number of carboxylic acids is 1. The molecule has 1 aromatic rings. The van der Waals surface area contributed by atoms with Gasteiger partial charge in [-0.05, 0) is 18.1 Å². The molecule has 1 rings (SSSR count). The number of hydrogen-bond acceptors (Lipinski definition) is 4. The van der Waals surface area contributed by atoms with Crippen LogP contribution in [0.2, 0.25) is 10.0 Å². The summed E-state index contributed by atoms with van der Waals surface area (Å²) in [5.41, 5.74) is -0.370. The molecule has 0 aliphatic rings. The number of hydrogen-bond donors (Lipinski definition) is 3. The summed E-state index contributed by atoms with van der Waals surface area (Å²) in [6.45, 7) is 3.26. The molecule has 0 aliphatic carbocycles. The predicted molar refractivity (Wildman–Crippen MR) is 79.5 cm³/mol. The molecule has 1 atom stereocenters. The number of nitrogens with one attached hydrogen (secondary N) is 1. The summed E-state index contributed by atoms with van der Waals surface area (Å²) in [7, 11) is -4.06. The van der Waals surface area contributed by atoms with Crippen LogP contribution in [0.5, 0.6) is 0 Å². The summed E-state index contributed by atoms with van der Waals surface area (Å²) in [5, 5.41) is 18.2. The number of aliphatic hydroxyl groups is 1. The average Bonchev–Trinajstić information content (AvgIpc) is 2.34. The second-order valence-corrected chi connectivity index (χ2v) is 7.28. The largest absolute Gasteiger partial charge is 0.478 e. The van der Waals surface area contributed by atoms with Crippen LogP contribution in [0.4, 0.5) is 0 Å². The first-order valence-electron chi connectivity index (χ1n) is 5.96. The Kier molecular flexibility index (Phi) is 6.01. The standard InChI is InChI=1S/C12H15Cl2NO5S/c1-6(2)10(16)5-15-21(19,20)11-3-7(12(17)18)8(13)4-9(11)14/h3-4,6,10,15-16H,5H2,1-2H3,(H,17,18). The van der Waals surface area contributed by atoms with Gasteiger partial charge in [0.05, 0.1) is 21.7 Å². The summed E-state index contributed by atoms with van der Waals surface area (Å²) in [6.07, 6.45) is -0.871. The van der Waals surface area contributed by atoms with Crippen molar-refractivity contribution in [3.8, 4) is 0 Å². The lowest BCUT2D eigenvalue weighted by Gasteiger charge is -2.16. The van der Waals surface area contributed by atoms with E-state index < -0.39 is 27.0 Å². The van der Waals surface area contributed by atoms with Crippen molar-refractivity contribution in [3.05, 3.63) is 27.7 Å². The van der Waals surface area contributed by atoms with E-state index in [-0.39, 0.29) is 28.1 Å². The topological polar surface area (TPSA) is 104 Å². The van der Waals surface area contributed by atoms with Crippen molar-refractivity contribution in [3.63, 3.8) is 0 Å². The zero-order valence-electron chi connectivity index (χ0n) is 11.3. The maximum atomic E-state index is 12.1. The van der Waals surface area contributed by atoms with Crippen molar-refractivity contribution >= 4 is 39.2 Å². The highest BCUT2D eigenvalue weighted by Crippen LogP contribution is 2.28. The van der Waals surface area contributed by atoms with Crippen LogP contribution in [-0.2, 0) is 10.0 Å². The molecular weight excluding hydrogens is 341 g/mol. The third-order valence-electron chi connectivity index (χ3n) is 2.79. The van der Waals surface area contributed by atoms with Gasteiger partial charge in [-0.15, -0.1) is 0 Å². The molecule has 0 saturated carbocycles. The van der Waals surface area contributed by atoms with Gasteiger partial charge in [0.15, 0.2) is 0 Å². The van der Waals surface area contributed by atoms with E-state index in [1.54, 1.807) is 13.8 Å². The van der Waals surface area contributed by atoms with Gasteiger partial charge >= 0.3 is 5.97 Å². The van der Waals surface area contributed by atoms with E-state index in [0.29, 0.717) is 0 Å². The molecule has 21 heavy (non-hydrogen) atoms. The quantitative estimate of drug-likeness (QED) is 0.723. The first kappa shape index (κ1) is 18.2. The van der Waals surface area contributed by atoms with Crippen LogP contribution in [0.3, 0.4) is 0 Å². The molecule has 1 aromatic carbocycles. The first-order valence-corrected chi connectivity index (χ1v) is 8.20. The molecule has 1 unspecified atom stereocenters. The summed E-state index contributed by atoms with van der Waals surface area (Å²) in [5.74, 6) is -1.50. The number of halogens is 2. The number of sulfonamides is 1. The van der Waals surface area contributed by atoms with E-state index in [9.17, 15) is 18.3 Å². The van der Waals surface area contributed by atoms with Crippen molar-refractivity contribution in [1.82, 2.24) is 4.72 Å². The van der Waals surface area contributed by atoms with Crippen molar-refractivity contribution in [2.45, 2.75) is 24.8 Å². The van der Waals surface area contributed by atoms with E-state index in [0.717, 1.165) is 12.1 Å². The van der Waals surface area contributed by atoms with Crippen molar-refractivity contribution in [1.29, 1.82) is 0 Å². The molecule has 9 heteroatoms. The minimum atomic E-state index is -4.06. The first-order chi connectivity index (χ1) is 9.56. The molecule has 3 N–H and O–H groups in total. The van der Waals surface area contributed by atoms with Crippen molar-refractivity contribution < 1.29 is 23.4 Å². The van der Waals surface area contributed by atoms with E-state index in [1.165, 1.54) is 0 Å². The van der Waals surface area contributed by atoms with Gasteiger partial charge in [-0.3, -0.25) is 0 Å². The number of rotatable bonds is 6. The number of carbonyl (C=O) groups is 1. The molecule has 0 saturated heterocycles. The Morgan fingerprint density at radius 1 is 1.29 bits per heavy atom. The minimum Gasteiger partial charge on any atom is -0.478 e. The molecular formula is C12H15Cl2NO5S. The van der Waals surface area contributed by atoms with Gasteiger partial charge in [0, 0.05) is 6.54 Å². The molecule has 118 valence electrons. The molecule has 0 heterocycles. The second kappa shape index (κ2) is 6.93. The van der Waals surface area contributed by atoms with Gasteiger partial charge in [-0.25, -0.2) is 17.9 Å². The zero-order chi connectivity index (χ0) is 16.4. The van der Waals surface area contributed by atoms with Gasteiger partial charge in [0.1, 0.15) is 4.90 Å². The third kappa shape index (κ3) is 4.55. The van der Waals surface area contributed by atoms with Gasteiger partial charge < -0.3 is 10.2 Å². The van der Waals surface area contributed by atoms with Crippen LogP contribution >= 0.6 is 23.2 Å². The Morgan fingerprint density at radius 3 is 2.33 bits per heavy atom. The fourth-order valence-corrected chi connectivity index (χ4v) is 3.31. The lowest BCUT2D eigenvalue weighted by molar-refractivity contribution is 0.0697. The molecule has 0 radical (unpaired) electrons. The number of benzene rings is 1. The molecule has 0 aromatic heterocycles.